The third-order valence-electron chi connectivity index (χ3n) is 2.86. The maximum atomic E-state index is 12.7. The summed E-state index contributed by atoms with van der Waals surface area (Å²) < 4.78 is 27.0. The second kappa shape index (κ2) is 7.20. The quantitative estimate of drug-likeness (QED) is 0.841. The highest BCUT2D eigenvalue weighted by Gasteiger charge is 2.25. The van der Waals surface area contributed by atoms with Crippen molar-refractivity contribution in [1.82, 2.24) is 4.31 Å². The topological polar surface area (TPSA) is 57.6 Å². The monoisotopic (exact) mass is 299 g/mol. The minimum absolute atomic E-state index is 0.155. The number of aliphatic hydroxyl groups excluding tert-OH is 1. The van der Waals surface area contributed by atoms with Crippen LogP contribution in [0, 0.1) is 11.8 Å². The predicted molar refractivity (Wildman–Crippen MR) is 80.8 cm³/mol. The normalized spacial score (nSPS) is 12.6. The molecule has 0 radical (unpaired) electrons. The van der Waals surface area contributed by atoms with Crippen molar-refractivity contribution in [3.05, 3.63) is 29.8 Å². The van der Waals surface area contributed by atoms with E-state index in [1.165, 1.54) is 0 Å². The first kappa shape index (κ1) is 17.1. The van der Waals surface area contributed by atoms with Gasteiger partial charge in [0.25, 0.3) is 0 Å². The van der Waals surface area contributed by atoms with Gasteiger partial charge < -0.3 is 5.11 Å². The number of hydrogen-bond donors (Lipinski definition) is 1. The zero-order valence-electron chi connectivity index (χ0n) is 12.7. The Labute approximate surface area is 122 Å². The number of benzene rings is 1. The van der Waals surface area contributed by atoms with Gasteiger partial charge >= 0.3 is 0 Å². The molecule has 0 atom stereocenters. The fraction of sp³-hybridized carbons (Fsp3) is 0.600. The maximum Gasteiger partial charge on any atom is 0.243 e. The summed E-state index contributed by atoms with van der Waals surface area (Å²) in [4.78, 5) is 0.255. The minimum Gasteiger partial charge on any atom is -0.392 e. The van der Waals surface area contributed by atoms with E-state index in [4.69, 9.17) is 5.11 Å². The van der Waals surface area contributed by atoms with Crippen LogP contribution in [0.2, 0.25) is 0 Å². The smallest absolute Gasteiger partial charge is 0.243 e. The molecule has 0 heterocycles. The third kappa shape index (κ3) is 4.58. The van der Waals surface area contributed by atoms with Gasteiger partial charge in [-0.05, 0) is 29.5 Å². The van der Waals surface area contributed by atoms with Crippen molar-refractivity contribution in [2.75, 3.05) is 13.1 Å². The van der Waals surface area contributed by atoms with Crippen molar-refractivity contribution in [1.29, 1.82) is 0 Å². The van der Waals surface area contributed by atoms with Crippen LogP contribution in [0.15, 0.2) is 29.2 Å². The molecule has 0 spiro atoms. The molecule has 4 nitrogen and oxygen atoms in total. The van der Waals surface area contributed by atoms with Gasteiger partial charge in [-0.15, -0.1) is 0 Å². The van der Waals surface area contributed by atoms with E-state index in [-0.39, 0.29) is 23.3 Å². The molecule has 0 aliphatic carbocycles. The molecule has 114 valence electrons. The van der Waals surface area contributed by atoms with Crippen LogP contribution in [-0.4, -0.2) is 30.9 Å². The summed E-state index contributed by atoms with van der Waals surface area (Å²) >= 11 is 0. The van der Waals surface area contributed by atoms with Gasteiger partial charge in [-0.1, -0.05) is 39.8 Å². The van der Waals surface area contributed by atoms with E-state index >= 15 is 0 Å². The number of nitrogens with zero attached hydrogens (tertiary/aromatic N) is 1. The van der Waals surface area contributed by atoms with E-state index in [2.05, 4.69) is 0 Å². The van der Waals surface area contributed by atoms with E-state index in [9.17, 15) is 8.42 Å². The molecule has 0 unspecified atom stereocenters. The lowest BCUT2D eigenvalue weighted by Gasteiger charge is -2.25. The molecule has 1 N–H and O–H groups in total. The van der Waals surface area contributed by atoms with E-state index < -0.39 is 10.0 Å². The maximum absolute atomic E-state index is 12.7. The lowest BCUT2D eigenvalue weighted by molar-refractivity contribution is 0.281. The van der Waals surface area contributed by atoms with E-state index in [1.807, 2.05) is 27.7 Å². The first-order chi connectivity index (χ1) is 9.27. The Balaban J connectivity index is 3.13. The van der Waals surface area contributed by atoms with Crippen LogP contribution in [0.3, 0.4) is 0 Å². The molecule has 0 aromatic heterocycles. The van der Waals surface area contributed by atoms with Crippen LogP contribution >= 0.6 is 0 Å². The first-order valence-corrected chi connectivity index (χ1v) is 8.41. The number of sulfonamides is 1. The molecule has 0 amide bonds. The van der Waals surface area contributed by atoms with Crippen LogP contribution in [0.1, 0.15) is 33.3 Å². The van der Waals surface area contributed by atoms with Crippen LogP contribution < -0.4 is 0 Å². The van der Waals surface area contributed by atoms with Crippen molar-refractivity contribution in [2.24, 2.45) is 11.8 Å². The highest BCUT2D eigenvalue weighted by molar-refractivity contribution is 7.89. The highest BCUT2D eigenvalue weighted by atomic mass is 32.2. The second-order valence-corrected chi connectivity index (χ2v) is 7.85. The molecule has 5 heteroatoms. The van der Waals surface area contributed by atoms with Crippen molar-refractivity contribution >= 4 is 10.0 Å². The average Bonchev–Trinajstić information content (AvgIpc) is 2.37. The largest absolute Gasteiger partial charge is 0.392 e. The van der Waals surface area contributed by atoms with Gasteiger partial charge in [0.2, 0.25) is 10.0 Å². The van der Waals surface area contributed by atoms with Crippen LogP contribution in [0.4, 0.5) is 0 Å². The summed E-state index contributed by atoms with van der Waals surface area (Å²) in [6, 6.07) is 6.51. The molecule has 1 aromatic carbocycles. The molecule has 0 bridgehead atoms. The molecule has 0 aliphatic heterocycles. The van der Waals surface area contributed by atoms with Gasteiger partial charge in [0.15, 0.2) is 0 Å². The number of hydrogen-bond acceptors (Lipinski definition) is 3. The van der Waals surface area contributed by atoms with Crippen molar-refractivity contribution < 1.29 is 13.5 Å². The molecule has 0 saturated carbocycles. The Hall–Kier alpha value is -0.910. The Morgan fingerprint density at radius 3 is 2.10 bits per heavy atom. The second-order valence-electron chi connectivity index (χ2n) is 5.92. The SMILES string of the molecule is CC(C)CN(CC(C)C)S(=O)(=O)c1cccc(CO)c1. The van der Waals surface area contributed by atoms with E-state index in [1.54, 1.807) is 28.6 Å². The standard InChI is InChI=1S/C15H25NO3S/c1-12(2)9-16(10-13(3)4)20(18,19)15-7-5-6-14(8-15)11-17/h5-8,12-13,17H,9-11H2,1-4H3. The van der Waals surface area contributed by atoms with Crippen molar-refractivity contribution in [3.63, 3.8) is 0 Å². The highest BCUT2D eigenvalue weighted by Crippen LogP contribution is 2.19. The minimum atomic E-state index is -3.50. The third-order valence-corrected chi connectivity index (χ3v) is 4.68. The summed E-state index contributed by atoms with van der Waals surface area (Å²) in [7, 11) is -3.50. The lowest BCUT2D eigenvalue weighted by Crippen LogP contribution is -2.37. The van der Waals surface area contributed by atoms with Crippen LogP contribution in [-0.2, 0) is 16.6 Å². The van der Waals surface area contributed by atoms with Crippen molar-refractivity contribution in [3.8, 4) is 0 Å². The van der Waals surface area contributed by atoms with Gasteiger partial charge in [0.05, 0.1) is 11.5 Å². The molecule has 0 aliphatic rings. The molecule has 0 fully saturated rings. The van der Waals surface area contributed by atoms with Crippen molar-refractivity contribution in [2.45, 2.75) is 39.2 Å². The molecular formula is C15H25NO3S. The number of aliphatic hydroxyl groups is 1. The first-order valence-electron chi connectivity index (χ1n) is 6.97. The zero-order valence-corrected chi connectivity index (χ0v) is 13.5. The molecule has 1 aromatic rings. The van der Waals surface area contributed by atoms with Crippen LogP contribution in [0.5, 0.6) is 0 Å². The predicted octanol–water partition coefficient (Wildman–Crippen LogP) is 2.48. The zero-order chi connectivity index (χ0) is 15.3. The summed E-state index contributed by atoms with van der Waals surface area (Å²) in [6.07, 6.45) is 0. The summed E-state index contributed by atoms with van der Waals surface area (Å²) in [5.41, 5.74) is 0.611. The molecule has 1 rings (SSSR count). The van der Waals surface area contributed by atoms with E-state index in [0.29, 0.717) is 18.7 Å². The van der Waals surface area contributed by atoms with Gasteiger partial charge in [0, 0.05) is 13.1 Å². The van der Waals surface area contributed by atoms with E-state index in [0.717, 1.165) is 0 Å². The molecule has 0 saturated heterocycles. The number of rotatable bonds is 7. The Bertz CT molecular complexity index is 514. The summed E-state index contributed by atoms with van der Waals surface area (Å²) in [5, 5.41) is 9.15. The Kier molecular flexibility index (Phi) is 6.17. The Morgan fingerprint density at radius 1 is 1.10 bits per heavy atom. The Morgan fingerprint density at radius 2 is 1.65 bits per heavy atom. The summed E-state index contributed by atoms with van der Waals surface area (Å²) in [6.45, 7) is 8.88. The van der Waals surface area contributed by atoms with Gasteiger partial charge in [-0.25, -0.2) is 8.42 Å². The fourth-order valence-corrected chi connectivity index (χ4v) is 3.88. The van der Waals surface area contributed by atoms with Crippen LogP contribution in [0.25, 0.3) is 0 Å². The average molecular weight is 299 g/mol. The lowest BCUT2D eigenvalue weighted by atomic mass is 10.2. The van der Waals surface area contributed by atoms with Gasteiger partial charge in [-0.3, -0.25) is 0 Å². The molecule has 20 heavy (non-hydrogen) atoms. The summed E-state index contributed by atoms with van der Waals surface area (Å²) in [5.74, 6) is 0.536. The fourth-order valence-electron chi connectivity index (χ4n) is 2.04. The van der Waals surface area contributed by atoms with Gasteiger partial charge in [-0.2, -0.15) is 4.31 Å². The van der Waals surface area contributed by atoms with Gasteiger partial charge in [0.1, 0.15) is 0 Å². The molecular weight excluding hydrogens is 274 g/mol.